The standard InChI is InChI=1S/C25H24N4O2/c30-23-15-21-12-13-22(16-26-23)29(21)24(31)14-11-19-17-28(20-9-5-2-6-10-20)27-25(19)18-7-3-1-4-8-18/h1-11,14,17,21-22H,12-13,15-16H2,(H,26,30). The van der Waals surface area contributed by atoms with Crippen LogP contribution in [0, 0.1) is 0 Å². The van der Waals surface area contributed by atoms with Crippen molar-refractivity contribution in [3.63, 3.8) is 0 Å². The molecule has 2 atom stereocenters. The number of carbonyl (C=O) groups excluding carboxylic acids is 2. The van der Waals surface area contributed by atoms with E-state index < -0.39 is 0 Å². The van der Waals surface area contributed by atoms with E-state index in [1.54, 1.807) is 6.08 Å². The van der Waals surface area contributed by atoms with Gasteiger partial charge in [-0.2, -0.15) is 5.10 Å². The van der Waals surface area contributed by atoms with Gasteiger partial charge in [0.05, 0.1) is 11.4 Å². The van der Waals surface area contributed by atoms with Gasteiger partial charge in [0.2, 0.25) is 11.8 Å². The summed E-state index contributed by atoms with van der Waals surface area (Å²) in [6.45, 7) is 0.538. The molecule has 0 aliphatic carbocycles. The Hall–Kier alpha value is -3.67. The summed E-state index contributed by atoms with van der Waals surface area (Å²) < 4.78 is 1.84. The van der Waals surface area contributed by atoms with Gasteiger partial charge in [0, 0.05) is 48.4 Å². The maximum atomic E-state index is 13.1. The molecule has 2 bridgehead atoms. The molecule has 0 saturated carbocycles. The van der Waals surface area contributed by atoms with Gasteiger partial charge in [0.1, 0.15) is 0 Å². The molecule has 2 aliphatic rings. The lowest BCUT2D eigenvalue weighted by Gasteiger charge is -2.25. The third kappa shape index (κ3) is 3.89. The van der Waals surface area contributed by atoms with Gasteiger partial charge < -0.3 is 10.2 Å². The van der Waals surface area contributed by atoms with E-state index in [9.17, 15) is 9.59 Å². The van der Waals surface area contributed by atoms with Crippen LogP contribution in [0.3, 0.4) is 0 Å². The number of carbonyl (C=O) groups is 2. The summed E-state index contributed by atoms with van der Waals surface area (Å²) in [5, 5.41) is 7.71. The Morgan fingerprint density at radius 1 is 1.00 bits per heavy atom. The highest BCUT2D eigenvalue weighted by Gasteiger charge is 2.39. The van der Waals surface area contributed by atoms with Crippen molar-refractivity contribution in [1.29, 1.82) is 0 Å². The van der Waals surface area contributed by atoms with E-state index in [0.29, 0.717) is 13.0 Å². The predicted octanol–water partition coefficient (Wildman–Crippen LogP) is 3.43. The third-order valence-corrected chi connectivity index (χ3v) is 6.05. The molecule has 1 N–H and O–H groups in total. The number of para-hydroxylation sites is 1. The molecule has 0 radical (unpaired) electrons. The lowest BCUT2D eigenvalue weighted by molar-refractivity contribution is -0.128. The van der Waals surface area contributed by atoms with Gasteiger partial charge in [-0.25, -0.2) is 4.68 Å². The quantitative estimate of drug-likeness (QED) is 0.668. The highest BCUT2D eigenvalue weighted by atomic mass is 16.2. The van der Waals surface area contributed by atoms with Crippen LogP contribution in [0.5, 0.6) is 0 Å². The molecule has 3 heterocycles. The molecule has 6 heteroatoms. The summed E-state index contributed by atoms with van der Waals surface area (Å²) in [7, 11) is 0. The summed E-state index contributed by atoms with van der Waals surface area (Å²) >= 11 is 0. The van der Waals surface area contributed by atoms with Crippen LogP contribution in [-0.4, -0.2) is 45.1 Å². The molecule has 2 saturated heterocycles. The van der Waals surface area contributed by atoms with Crippen LogP contribution >= 0.6 is 0 Å². The monoisotopic (exact) mass is 412 g/mol. The summed E-state index contributed by atoms with van der Waals surface area (Å²) in [5.41, 5.74) is 3.65. The lowest BCUT2D eigenvalue weighted by atomic mass is 10.1. The van der Waals surface area contributed by atoms with E-state index in [0.717, 1.165) is 35.3 Å². The second-order valence-corrected chi connectivity index (χ2v) is 8.05. The van der Waals surface area contributed by atoms with Crippen LogP contribution < -0.4 is 5.32 Å². The summed E-state index contributed by atoms with van der Waals surface area (Å²) in [5.74, 6) is -0.0139. The number of hydrogen-bond donors (Lipinski definition) is 1. The smallest absolute Gasteiger partial charge is 0.247 e. The van der Waals surface area contributed by atoms with Gasteiger partial charge in [-0.3, -0.25) is 9.59 Å². The largest absolute Gasteiger partial charge is 0.354 e. The molecule has 0 spiro atoms. The summed E-state index contributed by atoms with van der Waals surface area (Å²) in [6, 6.07) is 20.0. The molecule has 5 rings (SSSR count). The first kappa shape index (κ1) is 19.3. The van der Waals surface area contributed by atoms with Crippen LogP contribution in [0.1, 0.15) is 24.8 Å². The molecule has 1 aromatic heterocycles. The Labute approximate surface area is 181 Å². The molecule has 3 aromatic rings. The van der Waals surface area contributed by atoms with Crippen LogP contribution in [0.15, 0.2) is 72.9 Å². The second-order valence-electron chi connectivity index (χ2n) is 8.05. The summed E-state index contributed by atoms with van der Waals surface area (Å²) in [4.78, 5) is 26.9. The Morgan fingerprint density at radius 3 is 2.48 bits per heavy atom. The predicted molar refractivity (Wildman–Crippen MR) is 119 cm³/mol. The average molecular weight is 412 g/mol. The fourth-order valence-corrected chi connectivity index (χ4v) is 4.53. The zero-order valence-corrected chi connectivity index (χ0v) is 17.1. The van der Waals surface area contributed by atoms with Crippen molar-refractivity contribution in [2.75, 3.05) is 6.54 Å². The number of benzene rings is 2. The van der Waals surface area contributed by atoms with Crippen molar-refractivity contribution in [3.05, 3.63) is 78.5 Å². The molecule has 2 unspecified atom stereocenters. The zero-order chi connectivity index (χ0) is 21.2. The fourth-order valence-electron chi connectivity index (χ4n) is 4.53. The van der Waals surface area contributed by atoms with E-state index in [2.05, 4.69) is 5.32 Å². The van der Waals surface area contributed by atoms with Crippen molar-refractivity contribution in [2.24, 2.45) is 0 Å². The third-order valence-electron chi connectivity index (χ3n) is 6.05. The number of rotatable bonds is 4. The van der Waals surface area contributed by atoms with Gasteiger partial charge in [0.25, 0.3) is 0 Å². The van der Waals surface area contributed by atoms with Crippen molar-refractivity contribution in [3.8, 4) is 16.9 Å². The van der Waals surface area contributed by atoms with Gasteiger partial charge in [0.15, 0.2) is 0 Å². The zero-order valence-electron chi connectivity index (χ0n) is 17.1. The van der Waals surface area contributed by atoms with Gasteiger partial charge >= 0.3 is 0 Å². The molecule has 6 nitrogen and oxygen atoms in total. The highest BCUT2D eigenvalue weighted by Crippen LogP contribution is 2.29. The molecular formula is C25H24N4O2. The minimum Gasteiger partial charge on any atom is -0.354 e. The summed E-state index contributed by atoms with van der Waals surface area (Å²) in [6.07, 6.45) is 7.63. The van der Waals surface area contributed by atoms with E-state index in [-0.39, 0.29) is 23.9 Å². The maximum absolute atomic E-state index is 13.1. The Morgan fingerprint density at radius 2 is 1.71 bits per heavy atom. The first-order chi connectivity index (χ1) is 15.2. The molecule has 2 aliphatic heterocycles. The molecule has 156 valence electrons. The second kappa shape index (κ2) is 8.22. The van der Waals surface area contributed by atoms with Crippen molar-refractivity contribution >= 4 is 17.9 Å². The van der Waals surface area contributed by atoms with E-state index in [1.165, 1.54) is 0 Å². The number of nitrogens with one attached hydrogen (secondary N) is 1. The van der Waals surface area contributed by atoms with E-state index in [4.69, 9.17) is 5.10 Å². The Bertz CT molecular complexity index is 1120. The van der Waals surface area contributed by atoms with Crippen molar-refractivity contribution < 1.29 is 9.59 Å². The number of nitrogens with zero attached hydrogens (tertiary/aromatic N) is 3. The Kier molecular flexibility index (Phi) is 5.12. The topological polar surface area (TPSA) is 67.2 Å². The highest BCUT2D eigenvalue weighted by molar-refractivity contribution is 5.94. The van der Waals surface area contributed by atoms with Crippen LogP contribution in [0.25, 0.3) is 23.0 Å². The van der Waals surface area contributed by atoms with Crippen LogP contribution in [0.4, 0.5) is 0 Å². The number of aromatic nitrogens is 2. The van der Waals surface area contributed by atoms with Crippen molar-refractivity contribution in [2.45, 2.75) is 31.3 Å². The minimum atomic E-state index is -0.0459. The van der Waals surface area contributed by atoms with E-state index in [1.807, 2.05) is 82.5 Å². The molecule has 2 fully saturated rings. The molecule has 2 aromatic carbocycles. The first-order valence-electron chi connectivity index (χ1n) is 10.7. The Balaban J connectivity index is 1.47. The normalized spacial score (nSPS) is 20.6. The van der Waals surface area contributed by atoms with Crippen LogP contribution in [-0.2, 0) is 9.59 Å². The maximum Gasteiger partial charge on any atom is 0.247 e. The fraction of sp³-hybridized carbons (Fsp3) is 0.240. The number of amides is 2. The molecular weight excluding hydrogens is 388 g/mol. The lowest BCUT2D eigenvalue weighted by Crippen LogP contribution is -2.41. The number of fused-ring (bicyclic) bond motifs is 2. The van der Waals surface area contributed by atoms with Gasteiger partial charge in [-0.15, -0.1) is 0 Å². The van der Waals surface area contributed by atoms with E-state index >= 15 is 0 Å². The number of hydrogen-bond acceptors (Lipinski definition) is 3. The van der Waals surface area contributed by atoms with Gasteiger partial charge in [-0.05, 0) is 31.1 Å². The average Bonchev–Trinajstić information content (AvgIpc) is 3.36. The molecule has 31 heavy (non-hydrogen) atoms. The van der Waals surface area contributed by atoms with Gasteiger partial charge in [-0.1, -0.05) is 48.5 Å². The molecule has 2 amide bonds. The first-order valence-corrected chi connectivity index (χ1v) is 10.7. The van der Waals surface area contributed by atoms with Crippen molar-refractivity contribution in [1.82, 2.24) is 20.0 Å². The van der Waals surface area contributed by atoms with Crippen LogP contribution in [0.2, 0.25) is 0 Å². The minimum absolute atomic E-state index is 0.00899. The SMILES string of the molecule is O=C1CC2CCC(CN1)N2C(=O)C=Cc1cn(-c2ccccc2)nc1-c1ccccc1.